The van der Waals surface area contributed by atoms with Crippen molar-refractivity contribution in [2.45, 2.75) is 0 Å². The fourth-order valence-electron chi connectivity index (χ4n) is 3.78. The summed E-state index contributed by atoms with van der Waals surface area (Å²) in [6, 6.07) is 20.5. The summed E-state index contributed by atoms with van der Waals surface area (Å²) in [5, 5.41) is 7.35. The summed E-state index contributed by atoms with van der Waals surface area (Å²) in [5.41, 5.74) is 6.40. The van der Waals surface area contributed by atoms with Crippen LogP contribution in [0.2, 0.25) is 0 Å². The van der Waals surface area contributed by atoms with Crippen molar-refractivity contribution < 1.29 is 4.39 Å². The Bertz CT molecular complexity index is 1530. The van der Waals surface area contributed by atoms with Gasteiger partial charge < -0.3 is 0 Å². The molecule has 32 heavy (non-hydrogen) atoms. The second-order valence-electron chi connectivity index (χ2n) is 7.32. The lowest BCUT2D eigenvalue weighted by Gasteiger charge is -2.06. The van der Waals surface area contributed by atoms with Crippen LogP contribution in [0, 0.1) is 5.82 Å². The first-order valence-electron chi connectivity index (χ1n) is 10.0. The number of fused-ring (bicyclic) bond motifs is 1. The van der Waals surface area contributed by atoms with Gasteiger partial charge in [0, 0.05) is 35.3 Å². The Labute approximate surface area is 186 Å². The van der Waals surface area contributed by atoms with Gasteiger partial charge in [0.05, 0.1) is 33.0 Å². The summed E-state index contributed by atoms with van der Waals surface area (Å²) < 4.78 is 15.5. The third-order valence-electron chi connectivity index (χ3n) is 5.35. The molecule has 0 aliphatic rings. The molecule has 0 fully saturated rings. The lowest BCUT2D eigenvalue weighted by molar-refractivity contribution is 0.628. The molecule has 5 heterocycles. The molecule has 5 nitrogen and oxygen atoms in total. The van der Waals surface area contributed by atoms with E-state index < -0.39 is 0 Å². The molecule has 1 aromatic carbocycles. The van der Waals surface area contributed by atoms with Crippen LogP contribution in [-0.2, 0) is 0 Å². The average Bonchev–Trinajstić information content (AvgIpc) is 3.58. The molecular weight excluding hydrogens is 421 g/mol. The van der Waals surface area contributed by atoms with Crippen molar-refractivity contribution in [3.8, 4) is 43.5 Å². The minimum Gasteiger partial charge on any atom is -0.298 e. The number of halogens is 1. The number of aromatic nitrogens is 5. The number of hydrogen-bond acceptors (Lipinski definition) is 4. The number of aromatic amines is 1. The maximum Gasteiger partial charge on any atom is 0.137 e. The van der Waals surface area contributed by atoms with Crippen molar-refractivity contribution >= 4 is 17.0 Å². The van der Waals surface area contributed by atoms with Crippen LogP contribution < -0.4 is 0 Å². The van der Waals surface area contributed by atoms with E-state index in [2.05, 4.69) is 42.9 Å². The fourth-order valence-corrected chi connectivity index (χ4v) is 4.77. The summed E-state index contributed by atoms with van der Waals surface area (Å²) in [6.07, 6.45) is 7.62. The highest BCUT2D eigenvalue weighted by Crippen LogP contribution is 2.35. The lowest BCUT2D eigenvalue weighted by atomic mass is 10.0. The van der Waals surface area contributed by atoms with Crippen LogP contribution in [0.15, 0.2) is 91.5 Å². The molecule has 6 aromatic rings. The van der Waals surface area contributed by atoms with Crippen LogP contribution in [0.4, 0.5) is 4.39 Å². The molecule has 0 aliphatic heterocycles. The molecular formula is C25H16FN5S. The lowest BCUT2D eigenvalue weighted by Crippen LogP contribution is -1.90. The number of nitrogens with one attached hydrogen (secondary N) is 1. The minimum absolute atomic E-state index is 0.267. The number of H-pyrrole nitrogens is 1. The predicted octanol–water partition coefficient (Wildman–Crippen LogP) is 6.32. The number of nitrogens with zero attached hydrogens (tertiary/aromatic N) is 4. The number of imidazole rings is 1. The maximum absolute atomic E-state index is 13.4. The van der Waals surface area contributed by atoms with Gasteiger partial charge in [-0.1, -0.05) is 6.07 Å². The predicted molar refractivity (Wildman–Crippen MR) is 125 cm³/mol. The molecule has 7 heteroatoms. The molecule has 6 rings (SSSR count). The number of pyridine rings is 2. The molecule has 0 amide bonds. The van der Waals surface area contributed by atoms with Crippen molar-refractivity contribution in [1.82, 2.24) is 24.6 Å². The third-order valence-corrected chi connectivity index (χ3v) is 6.48. The van der Waals surface area contributed by atoms with Crippen molar-refractivity contribution in [3.63, 3.8) is 0 Å². The Morgan fingerprint density at radius 1 is 0.844 bits per heavy atom. The highest BCUT2D eigenvalue weighted by atomic mass is 32.1. The maximum atomic E-state index is 13.4. The molecule has 0 atom stereocenters. The van der Waals surface area contributed by atoms with Gasteiger partial charge in [0.1, 0.15) is 11.5 Å². The Kier molecular flexibility index (Phi) is 4.40. The van der Waals surface area contributed by atoms with Crippen LogP contribution in [-0.4, -0.2) is 24.6 Å². The zero-order valence-electron chi connectivity index (χ0n) is 16.7. The van der Waals surface area contributed by atoms with Gasteiger partial charge in [-0.05, 0) is 60.7 Å². The van der Waals surface area contributed by atoms with Gasteiger partial charge in [-0.25, -0.2) is 9.37 Å². The molecule has 5 aromatic heterocycles. The average molecular weight is 438 g/mol. The monoisotopic (exact) mass is 437 g/mol. The summed E-state index contributed by atoms with van der Waals surface area (Å²) in [6.45, 7) is 0. The van der Waals surface area contributed by atoms with Crippen LogP contribution in [0.5, 0.6) is 0 Å². The third kappa shape index (κ3) is 3.19. The van der Waals surface area contributed by atoms with Gasteiger partial charge in [-0.15, -0.1) is 11.3 Å². The number of benzene rings is 1. The van der Waals surface area contributed by atoms with Gasteiger partial charge in [0.2, 0.25) is 0 Å². The van der Waals surface area contributed by atoms with E-state index in [-0.39, 0.29) is 5.82 Å². The van der Waals surface area contributed by atoms with E-state index in [4.69, 9.17) is 0 Å². The van der Waals surface area contributed by atoms with E-state index in [1.54, 1.807) is 29.7 Å². The second-order valence-corrected chi connectivity index (χ2v) is 8.41. The first-order chi connectivity index (χ1) is 15.8. The van der Waals surface area contributed by atoms with Crippen molar-refractivity contribution in [3.05, 3.63) is 97.3 Å². The van der Waals surface area contributed by atoms with E-state index in [0.717, 1.165) is 49.2 Å². The van der Waals surface area contributed by atoms with E-state index >= 15 is 0 Å². The molecule has 0 bridgehead atoms. The normalized spacial score (nSPS) is 11.3. The van der Waals surface area contributed by atoms with Crippen LogP contribution in [0.3, 0.4) is 0 Å². The van der Waals surface area contributed by atoms with Crippen molar-refractivity contribution in [2.24, 2.45) is 0 Å². The summed E-state index contributed by atoms with van der Waals surface area (Å²) in [4.78, 5) is 11.3. The van der Waals surface area contributed by atoms with Gasteiger partial charge >= 0.3 is 0 Å². The van der Waals surface area contributed by atoms with E-state index in [0.29, 0.717) is 0 Å². The Balaban J connectivity index is 1.43. The van der Waals surface area contributed by atoms with Gasteiger partial charge in [-0.3, -0.25) is 14.5 Å². The SMILES string of the molecule is Fc1ccc(-c2n[nH]cc2-c2ccc3ncc(-c4ccc(-c5ccccn5)s4)n3c2)cc1. The van der Waals surface area contributed by atoms with Crippen LogP contribution in [0.1, 0.15) is 0 Å². The minimum atomic E-state index is -0.267. The Hall–Kier alpha value is -4.10. The summed E-state index contributed by atoms with van der Waals surface area (Å²) in [7, 11) is 0. The molecule has 0 spiro atoms. The Morgan fingerprint density at radius 3 is 2.53 bits per heavy atom. The Morgan fingerprint density at radius 2 is 1.69 bits per heavy atom. The zero-order chi connectivity index (χ0) is 21.5. The van der Waals surface area contributed by atoms with E-state index in [9.17, 15) is 4.39 Å². The smallest absolute Gasteiger partial charge is 0.137 e. The van der Waals surface area contributed by atoms with Gasteiger partial charge in [0.25, 0.3) is 0 Å². The number of thiophene rings is 1. The quantitative estimate of drug-likeness (QED) is 0.351. The number of hydrogen-bond donors (Lipinski definition) is 1. The standard InChI is InChI=1S/C25H16FN5S/c26-18-7-4-16(5-8-18)25-19(13-29-30-25)17-6-11-24-28-14-21(31(24)15-17)23-10-9-22(32-23)20-3-1-2-12-27-20/h1-15H,(H,29,30). The van der Waals surface area contributed by atoms with Gasteiger partial charge in [0.15, 0.2) is 0 Å². The highest BCUT2D eigenvalue weighted by molar-refractivity contribution is 7.18. The van der Waals surface area contributed by atoms with Crippen molar-refractivity contribution in [2.75, 3.05) is 0 Å². The van der Waals surface area contributed by atoms with E-state index in [1.165, 1.54) is 12.1 Å². The molecule has 0 saturated heterocycles. The molecule has 0 unspecified atom stereocenters. The second kappa shape index (κ2) is 7.55. The molecule has 0 saturated carbocycles. The molecule has 1 N–H and O–H groups in total. The largest absolute Gasteiger partial charge is 0.298 e. The summed E-state index contributed by atoms with van der Waals surface area (Å²) >= 11 is 1.69. The molecule has 0 radical (unpaired) electrons. The van der Waals surface area contributed by atoms with E-state index in [1.807, 2.05) is 42.7 Å². The zero-order valence-corrected chi connectivity index (χ0v) is 17.6. The first-order valence-corrected chi connectivity index (χ1v) is 10.9. The molecule has 154 valence electrons. The molecule has 0 aliphatic carbocycles. The van der Waals surface area contributed by atoms with Crippen LogP contribution in [0.25, 0.3) is 49.2 Å². The van der Waals surface area contributed by atoms with Crippen molar-refractivity contribution in [1.29, 1.82) is 0 Å². The number of rotatable bonds is 4. The first kappa shape index (κ1) is 18.7. The van der Waals surface area contributed by atoms with Crippen LogP contribution >= 0.6 is 11.3 Å². The highest BCUT2D eigenvalue weighted by Gasteiger charge is 2.14. The fraction of sp³-hybridized carbons (Fsp3) is 0. The topological polar surface area (TPSA) is 58.9 Å². The summed E-state index contributed by atoms with van der Waals surface area (Å²) in [5.74, 6) is -0.267. The van der Waals surface area contributed by atoms with Gasteiger partial charge in [-0.2, -0.15) is 5.10 Å².